The predicted molar refractivity (Wildman–Crippen MR) is 87.3 cm³/mol. The highest BCUT2D eigenvalue weighted by Crippen LogP contribution is 2.21. The average Bonchev–Trinajstić information content (AvgIpc) is 2.42. The van der Waals surface area contributed by atoms with Crippen LogP contribution in [-0.4, -0.2) is 13.1 Å². The van der Waals surface area contributed by atoms with E-state index in [1.54, 1.807) is 0 Å². The molecular formula is C18H24N2. The SMILES string of the molecule is Cc1cc(C)c(NCCNCc2ccccc2)c(C)c1. The van der Waals surface area contributed by atoms with Crippen molar-refractivity contribution in [2.24, 2.45) is 0 Å². The molecule has 2 aromatic rings. The number of hydrogen-bond donors (Lipinski definition) is 2. The number of rotatable bonds is 6. The van der Waals surface area contributed by atoms with Crippen LogP contribution in [0.2, 0.25) is 0 Å². The minimum atomic E-state index is 0.925. The molecule has 0 fully saturated rings. The van der Waals surface area contributed by atoms with Crippen molar-refractivity contribution >= 4 is 5.69 Å². The molecular weight excluding hydrogens is 244 g/mol. The molecule has 0 saturated carbocycles. The Morgan fingerprint density at radius 2 is 1.50 bits per heavy atom. The zero-order valence-corrected chi connectivity index (χ0v) is 12.7. The first-order valence-corrected chi connectivity index (χ1v) is 7.23. The second kappa shape index (κ2) is 7.11. The number of anilines is 1. The van der Waals surface area contributed by atoms with Gasteiger partial charge < -0.3 is 10.6 Å². The van der Waals surface area contributed by atoms with E-state index in [0.717, 1.165) is 19.6 Å². The van der Waals surface area contributed by atoms with Crippen molar-refractivity contribution in [2.75, 3.05) is 18.4 Å². The maximum atomic E-state index is 3.53. The second-order valence-electron chi connectivity index (χ2n) is 5.36. The summed E-state index contributed by atoms with van der Waals surface area (Å²) >= 11 is 0. The standard InChI is InChI=1S/C18H24N2/c1-14-11-15(2)18(16(3)12-14)20-10-9-19-13-17-7-5-4-6-8-17/h4-8,11-12,19-20H,9-10,13H2,1-3H3. The molecule has 0 bridgehead atoms. The first kappa shape index (κ1) is 14.6. The van der Waals surface area contributed by atoms with E-state index in [9.17, 15) is 0 Å². The van der Waals surface area contributed by atoms with Crippen molar-refractivity contribution in [2.45, 2.75) is 27.3 Å². The van der Waals surface area contributed by atoms with Crippen LogP contribution < -0.4 is 10.6 Å². The van der Waals surface area contributed by atoms with Gasteiger partial charge in [0, 0.05) is 25.3 Å². The Balaban J connectivity index is 1.76. The van der Waals surface area contributed by atoms with E-state index >= 15 is 0 Å². The van der Waals surface area contributed by atoms with Gasteiger partial charge in [-0.1, -0.05) is 48.0 Å². The summed E-state index contributed by atoms with van der Waals surface area (Å²) in [5.41, 5.74) is 6.58. The molecule has 0 aromatic heterocycles. The number of benzene rings is 2. The molecule has 0 atom stereocenters. The van der Waals surface area contributed by atoms with Crippen molar-refractivity contribution in [1.29, 1.82) is 0 Å². The van der Waals surface area contributed by atoms with Crippen LogP contribution >= 0.6 is 0 Å². The fourth-order valence-corrected chi connectivity index (χ4v) is 2.56. The van der Waals surface area contributed by atoms with Crippen molar-refractivity contribution < 1.29 is 0 Å². The molecule has 0 radical (unpaired) electrons. The molecule has 0 spiro atoms. The zero-order valence-electron chi connectivity index (χ0n) is 12.7. The Hall–Kier alpha value is -1.80. The Labute approximate surface area is 122 Å². The molecule has 0 aliphatic heterocycles. The van der Waals surface area contributed by atoms with Crippen LogP contribution in [0.3, 0.4) is 0 Å². The minimum absolute atomic E-state index is 0.925. The van der Waals surface area contributed by atoms with E-state index in [2.05, 4.69) is 67.8 Å². The zero-order chi connectivity index (χ0) is 14.4. The van der Waals surface area contributed by atoms with Crippen molar-refractivity contribution in [3.8, 4) is 0 Å². The Bertz CT molecular complexity index is 524. The van der Waals surface area contributed by atoms with Gasteiger partial charge in [0.15, 0.2) is 0 Å². The summed E-state index contributed by atoms with van der Waals surface area (Å²) in [6, 6.07) is 15.0. The highest BCUT2D eigenvalue weighted by molar-refractivity contribution is 5.58. The van der Waals surface area contributed by atoms with Gasteiger partial charge in [0.1, 0.15) is 0 Å². The number of hydrogen-bond acceptors (Lipinski definition) is 2. The first-order chi connectivity index (χ1) is 9.66. The molecule has 0 unspecified atom stereocenters. The minimum Gasteiger partial charge on any atom is -0.383 e. The fourth-order valence-electron chi connectivity index (χ4n) is 2.56. The molecule has 20 heavy (non-hydrogen) atoms. The molecule has 0 amide bonds. The second-order valence-corrected chi connectivity index (χ2v) is 5.36. The molecule has 0 saturated heterocycles. The number of aryl methyl sites for hydroxylation is 3. The summed E-state index contributed by atoms with van der Waals surface area (Å²) in [5, 5.41) is 6.99. The van der Waals surface area contributed by atoms with Gasteiger partial charge >= 0.3 is 0 Å². The third-order valence-electron chi connectivity index (χ3n) is 3.45. The summed E-state index contributed by atoms with van der Waals surface area (Å²) in [5.74, 6) is 0. The van der Waals surface area contributed by atoms with E-state index in [-0.39, 0.29) is 0 Å². The topological polar surface area (TPSA) is 24.1 Å². The average molecular weight is 268 g/mol. The van der Waals surface area contributed by atoms with Gasteiger partial charge in [0.05, 0.1) is 0 Å². The van der Waals surface area contributed by atoms with Gasteiger partial charge in [0.25, 0.3) is 0 Å². The lowest BCUT2D eigenvalue weighted by Crippen LogP contribution is -2.22. The molecule has 0 heterocycles. The van der Waals surface area contributed by atoms with E-state index in [4.69, 9.17) is 0 Å². The van der Waals surface area contributed by atoms with Crippen LogP contribution in [0.25, 0.3) is 0 Å². The van der Waals surface area contributed by atoms with Crippen LogP contribution in [-0.2, 0) is 6.54 Å². The highest BCUT2D eigenvalue weighted by atomic mass is 14.9. The van der Waals surface area contributed by atoms with Gasteiger partial charge in [-0.05, 0) is 37.5 Å². The van der Waals surface area contributed by atoms with Crippen LogP contribution in [0, 0.1) is 20.8 Å². The van der Waals surface area contributed by atoms with Gasteiger partial charge in [-0.2, -0.15) is 0 Å². The molecule has 2 rings (SSSR count). The largest absolute Gasteiger partial charge is 0.383 e. The summed E-state index contributed by atoms with van der Waals surface area (Å²) in [7, 11) is 0. The summed E-state index contributed by atoms with van der Waals surface area (Å²) in [4.78, 5) is 0. The molecule has 2 N–H and O–H groups in total. The van der Waals surface area contributed by atoms with Crippen LogP contribution in [0.4, 0.5) is 5.69 Å². The Morgan fingerprint density at radius 3 is 2.15 bits per heavy atom. The Morgan fingerprint density at radius 1 is 0.850 bits per heavy atom. The Kier molecular flexibility index (Phi) is 5.19. The lowest BCUT2D eigenvalue weighted by molar-refractivity contribution is 0.706. The molecule has 0 aliphatic rings. The summed E-state index contributed by atoms with van der Waals surface area (Å²) in [6.45, 7) is 9.30. The van der Waals surface area contributed by atoms with E-state index in [0.29, 0.717) is 0 Å². The van der Waals surface area contributed by atoms with E-state index < -0.39 is 0 Å². The van der Waals surface area contributed by atoms with Crippen molar-refractivity contribution in [1.82, 2.24) is 5.32 Å². The van der Waals surface area contributed by atoms with Gasteiger partial charge in [0.2, 0.25) is 0 Å². The van der Waals surface area contributed by atoms with E-state index in [1.165, 1.54) is 27.9 Å². The van der Waals surface area contributed by atoms with Gasteiger partial charge in [-0.15, -0.1) is 0 Å². The molecule has 106 valence electrons. The fraction of sp³-hybridized carbons (Fsp3) is 0.333. The molecule has 2 aromatic carbocycles. The maximum Gasteiger partial charge on any atom is 0.0400 e. The molecule has 2 nitrogen and oxygen atoms in total. The van der Waals surface area contributed by atoms with Crippen LogP contribution in [0.1, 0.15) is 22.3 Å². The lowest BCUT2D eigenvalue weighted by Gasteiger charge is -2.14. The quantitative estimate of drug-likeness (QED) is 0.778. The molecule has 2 heteroatoms. The highest BCUT2D eigenvalue weighted by Gasteiger charge is 2.02. The lowest BCUT2D eigenvalue weighted by atomic mass is 10.1. The van der Waals surface area contributed by atoms with Gasteiger partial charge in [-0.3, -0.25) is 0 Å². The maximum absolute atomic E-state index is 3.53. The predicted octanol–water partition coefficient (Wildman–Crippen LogP) is 3.81. The summed E-state index contributed by atoms with van der Waals surface area (Å²) < 4.78 is 0. The third kappa shape index (κ3) is 4.10. The van der Waals surface area contributed by atoms with Crippen LogP contribution in [0.15, 0.2) is 42.5 Å². The smallest absolute Gasteiger partial charge is 0.0400 e. The third-order valence-corrected chi connectivity index (χ3v) is 3.45. The number of nitrogens with one attached hydrogen (secondary N) is 2. The van der Waals surface area contributed by atoms with Crippen LogP contribution in [0.5, 0.6) is 0 Å². The van der Waals surface area contributed by atoms with Gasteiger partial charge in [-0.25, -0.2) is 0 Å². The van der Waals surface area contributed by atoms with Crippen molar-refractivity contribution in [3.63, 3.8) is 0 Å². The summed E-state index contributed by atoms with van der Waals surface area (Å²) in [6.07, 6.45) is 0. The normalized spacial score (nSPS) is 10.6. The first-order valence-electron chi connectivity index (χ1n) is 7.23. The van der Waals surface area contributed by atoms with E-state index in [1.807, 2.05) is 6.07 Å². The van der Waals surface area contributed by atoms with Crippen molar-refractivity contribution in [3.05, 3.63) is 64.7 Å². The molecule has 0 aliphatic carbocycles. The monoisotopic (exact) mass is 268 g/mol.